The molecule has 0 spiro atoms. The minimum Gasteiger partial charge on any atom is -0.444 e. The van der Waals surface area contributed by atoms with Gasteiger partial charge < -0.3 is 24.8 Å². The third kappa shape index (κ3) is 5.77. The molecule has 3 aromatic heterocycles. The van der Waals surface area contributed by atoms with E-state index in [1.54, 1.807) is 33.9 Å². The molecule has 2 aliphatic heterocycles. The molecule has 1 aromatic carbocycles. The lowest BCUT2D eigenvalue weighted by Crippen LogP contribution is -2.43. The number of fused-ring (bicyclic) bond motifs is 4. The third-order valence-corrected chi connectivity index (χ3v) is 9.49. The van der Waals surface area contributed by atoms with Crippen LogP contribution in [-0.2, 0) is 22.7 Å². The molecule has 14 heteroatoms. The van der Waals surface area contributed by atoms with Crippen molar-refractivity contribution in [1.29, 1.82) is 5.26 Å². The summed E-state index contributed by atoms with van der Waals surface area (Å²) in [6.07, 6.45) is 2.49. The number of thiophene rings is 1. The number of amides is 1. The van der Waals surface area contributed by atoms with Crippen LogP contribution in [0.25, 0.3) is 32.2 Å². The van der Waals surface area contributed by atoms with E-state index >= 15 is 4.39 Å². The predicted molar refractivity (Wildman–Crippen MR) is 171 cm³/mol. The number of carbonyl (C=O) groups excluding carboxylic acids is 1. The van der Waals surface area contributed by atoms with Crippen LogP contribution in [0.2, 0.25) is 5.02 Å². The number of halogens is 2. The number of benzene rings is 1. The van der Waals surface area contributed by atoms with Crippen molar-refractivity contribution in [3.63, 3.8) is 0 Å². The molecule has 0 aliphatic carbocycles. The van der Waals surface area contributed by atoms with Crippen molar-refractivity contribution in [2.24, 2.45) is 0 Å². The van der Waals surface area contributed by atoms with Crippen LogP contribution >= 0.6 is 22.9 Å². The van der Waals surface area contributed by atoms with Crippen LogP contribution in [0.5, 0.6) is 0 Å². The Balaban J connectivity index is 1.48. The summed E-state index contributed by atoms with van der Waals surface area (Å²) >= 11 is 8.11. The monoisotopic (exact) mass is 653 g/mol. The first kappa shape index (κ1) is 31.3. The van der Waals surface area contributed by atoms with Crippen LogP contribution < -0.4 is 15.5 Å². The van der Waals surface area contributed by atoms with E-state index in [9.17, 15) is 15.2 Å². The Labute approximate surface area is 268 Å². The standard InChI is InChI=1S/C31H33ClFN7O4S/c1-14(41)9-35-21-6-7-40(15(21)2)29-37-10-17-18-12-43-13-19(18)22(24(32)25(17)38-29)26-23-16(8-34)28(39-30(42)44-31(3,4)5)45-27(23)20(33)11-36-26/h10-11,14-15,21,35,41H,6-7,9,12-13H2,1-5H3,(H,39,42)/t14-,15-,21-/m0/s1. The summed E-state index contributed by atoms with van der Waals surface area (Å²) in [5.41, 5.74) is 2.18. The van der Waals surface area contributed by atoms with Gasteiger partial charge in [0.2, 0.25) is 5.95 Å². The van der Waals surface area contributed by atoms with Gasteiger partial charge in [0.1, 0.15) is 16.7 Å². The lowest BCUT2D eigenvalue weighted by atomic mass is 9.94. The molecule has 1 amide bonds. The molecule has 3 N–H and O–H groups in total. The number of ether oxygens (including phenoxy) is 2. The average Bonchev–Trinajstić information content (AvgIpc) is 3.69. The topological polar surface area (TPSA) is 146 Å². The van der Waals surface area contributed by atoms with E-state index in [2.05, 4.69) is 33.5 Å². The number of rotatable bonds is 6. The van der Waals surface area contributed by atoms with Gasteiger partial charge in [0.25, 0.3) is 0 Å². The minimum absolute atomic E-state index is 0.0525. The van der Waals surface area contributed by atoms with Crippen molar-refractivity contribution in [1.82, 2.24) is 20.3 Å². The third-order valence-electron chi connectivity index (χ3n) is 8.01. The van der Waals surface area contributed by atoms with Gasteiger partial charge >= 0.3 is 6.09 Å². The molecule has 1 fully saturated rings. The lowest BCUT2D eigenvalue weighted by molar-refractivity contribution is 0.0636. The molecule has 0 radical (unpaired) electrons. The van der Waals surface area contributed by atoms with Crippen LogP contribution in [0.1, 0.15) is 57.7 Å². The molecule has 11 nitrogen and oxygen atoms in total. The highest BCUT2D eigenvalue weighted by Gasteiger charge is 2.34. The van der Waals surface area contributed by atoms with Gasteiger partial charge in [0.05, 0.1) is 52.0 Å². The highest BCUT2D eigenvalue weighted by molar-refractivity contribution is 7.23. The molecule has 3 atom stereocenters. The van der Waals surface area contributed by atoms with Crippen molar-refractivity contribution >= 4 is 61.0 Å². The van der Waals surface area contributed by atoms with Gasteiger partial charge in [-0.25, -0.2) is 19.2 Å². The Bertz CT molecular complexity index is 1870. The number of nitrogens with one attached hydrogen (secondary N) is 2. The number of carbonyl (C=O) groups is 1. The Hall–Kier alpha value is -3.67. The van der Waals surface area contributed by atoms with Gasteiger partial charge in [-0.15, -0.1) is 11.3 Å². The molecule has 0 saturated carbocycles. The molecule has 0 bridgehead atoms. The normalized spacial score (nSPS) is 18.8. The molecule has 2 aliphatic rings. The molecule has 4 aromatic rings. The van der Waals surface area contributed by atoms with Gasteiger partial charge in [0, 0.05) is 47.7 Å². The lowest BCUT2D eigenvalue weighted by Gasteiger charge is -2.26. The fourth-order valence-electron chi connectivity index (χ4n) is 5.96. The first-order valence-corrected chi connectivity index (χ1v) is 15.8. The van der Waals surface area contributed by atoms with E-state index < -0.39 is 23.6 Å². The van der Waals surface area contributed by atoms with Crippen molar-refractivity contribution in [2.45, 2.75) is 78.0 Å². The minimum atomic E-state index is -0.770. The highest BCUT2D eigenvalue weighted by atomic mass is 35.5. The summed E-state index contributed by atoms with van der Waals surface area (Å²) in [4.78, 5) is 28.8. The first-order valence-electron chi connectivity index (χ1n) is 14.6. The molecule has 1 saturated heterocycles. The number of aliphatic hydroxyl groups is 1. The summed E-state index contributed by atoms with van der Waals surface area (Å²) in [6, 6.07) is 2.35. The second-order valence-corrected chi connectivity index (χ2v) is 13.8. The van der Waals surface area contributed by atoms with Gasteiger partial charge in [-0.05, 0) is 52.2 Å². The molecule has 45 heavy (non-hydrogen) atoms. The van der Waals surface area contributed by atoms with E-state index in [-0.39, 0.29) is 44.4 Å². The van der Waals surface area contributed by atoms with Gasteiger partial charge in [-0.1, -0.05) is 11.6 Å². The van der Waals surface area contributed by atoms with Crippen LogP contribution in [0, 0.1) is 17.1 Å². The van der Waals surface area contributed by atoms with Crippen LogP contribution in [0.15, 0.2) is 12.4 Å². The predicted octanol–water partition coefficient (Wildman–Crippen LogP) is 5.89. The van der Waals surface area contributed by atoms with Crippen molar-refractivity contribution < 1.29 is 23.8 Å². The summed E-state index contributed by atoms with van der Waals surface area (Å²) in [5.74, 6) is -0.124. The Morgan fingerprint density at radius 1 is 1.33 bits per heavy atom. The zero-order chi connectivity index (χ0) is 32.2. The van der Waals surface area contributed by atoms with Crippen molar-refractivity contribution in [3.8, 4) is 17.3 Å². The van der Waals surface area contributed by atoms with Crippen LogP contribution in [0.3, 0.4) is 0 Å². The number of nitriles is 1. The zero-order valence-electron chi connectivity index (χ0n) is 25.5. The van der Waals surface area contributed by atoms with Crippen molar-refractivity contribution in [3.05, 3.63) is 39.9 Å². The smallest absolute Gasteiger partial charge is 0.412 e. The molecule has 0 unspecified atom stereocenters. The summed E-state index contributed by atoms with van der Waals surface area (Å²) in [7, 11) is 0. The first-order chi connectivity index (χ1) is 21.4. The molecule has 5 heterocycles. The Morgan fingerprint density at radius 3 is 2.80 bits per heavy atom. The summed E-state index contributed by atoms with van der Waals surface area (Å²) < 4.78 is 26.6. The number of pyridine rings is 1. The van der Waals surface area contributed by atoms with Gasteiger partial charge in [-0.2, -0.15) is 5.26 Å². The maximum atomic E-state index is 15.2. The Kier molecular flexibility index (Phi) is 8.30. The second kappa shape index (κ2) is 11.9. The largest absolute Gasteiger partial charge is 0.444 e. The zero-order valence-corrected chi connectivity index (χ0v) is 27.1. The molecular weight excluding hydrogens is 621 g/mol. The molecular formula is C31H33ClFN7O4S. The number of aromatic nitrogens is 3. The number of anilines is 2. The fraction of sp³-hybridized carbons (Fsp3) is 0.452. The van der Waals surface area contributed by atoms with Gasteiger partial charge in [0.15, 0.2) is 5.82 Å². The number of hydrogen-bond acceptors (Lipinski definition) is 11. The molecule has 6 rings (SSSR count). The second-order valence-electron chi connectivity index (χ2n) is 12.4. The van der Waals surface area contributed by atoms with Crippen molar-refractivity contribution in [2.75, 3.05) is 23.3 Å². The van der Waals surface area contributed by atoms with Crippen LogP contribution in [-0.4, -0.2) is 63.0 Å². The summed E-state index contributed by atoms with van der Waals surface area (Å²) in [5, 5.41) is 27.4. The molecule has 236 valence electrons. The van der Waals surface area contributed by atoms with Gasteiger partial charge in [-0.3, -0.25) is 10.3 Å². The maximum Gasteiger partial charge on any atom is 0.412 e. The van der Waals surface area contributed by atoms with E-state index in [4.69, 9.17) is 31.0 Å². The van der Waals surface area contributed by atoms with E-state index in [1.165, 1.54) is 0 Å². The quantitative estimate of drug-likeness (QED) is 0.230. The average molecular weight is 654 g/mol. The van der Waals surface area contributed by atoms with E-state index in [0.29, 0.717) is 35.9 Å². The van der Waals surface area contributed by atoms with E-state index in [0.717, 1.165) is 47.0 Å². The Morgan fingerprint density at radius 2 is 2.09 bits per heavy atom. The number of hydrogen-bond donors (Lipinski definition) is 3. The maximum absolute atomic E-state index is 15.2. The number of aliphatic hydroxyl groups excluding tert-OH is 1. The fourth-order valence-corrected chi connectivity index (χ4v) is 7.34. The van der Waals surface area contributed by atoms with Crippen LogP contribution in [0.4, 0.5) is 20.1 Å². The SMILES string of the molecule is C[C@H](O)CN[C@H]1CCN(c2ncc3c4c(c(-c5ncc(F)c6sc(NC(=O)OC(C)(C)C)c(C#N)c56)c(Cl)c3n2)COC4)[C@H]1C. The number of nitrogens with zero attached hydrogens (tertiary/aromatic N) is 5. The summed E-state index contributed by atoms with van der Waals surface area (Å²) in [6.45, 7) is 10.7. The highest BCUT2D eigenvalue weighted by Crippen LogP contribution is 2.48. The van der Waals surface area contributed by atoms with E-state index in [1.807, 2.05) is 0 Å².